The Balaban J connectivity index is 1.34. The molecule has 9 heteroatoms. The molecule has 3 heterocycles. The number of piperazine rings is 1. The first-order valence-electron chi connectivity index (χ1n) is 11.2. The number of piperidine rings is 1. The number of rotatable bonds is 5. The summed E-state index contributed by atoms with van der Waals surface area (Å²) in [4.78, 5) is 31.7. The molecule has 2 saturated heterocycles. The first-order chi connectivity index (χ1) is 15.5. The van der Waals surface area contributed by atoms with E-state index in [1.807, 2.05) is 23.8 Å². The highest BCUT2D eigenvalue weighted by Gasteiger charge is 2.36. The molecule has 2 fully saturated rings. The number of hydrogen-bond donors (Lipinski definition) is 0. The molecule has 0 saturated carbocycles. The second-order valence-corrected chi connectivity index (χ2v) is 8.38. The van der Waals surface area contributed by atoms with Crippen LogP contribution in [0.1, 0.15) is 30.3 Å². The first-order valence-corrected chi connectivity index (χ1v) is 11.2. The van der Waals surface area contributed by atoms with Crippen LogP contribution in [0.2, 0.25) is 0 Å². The molecule has 0 aliphatic carbocycles. The average Bonchev–Trinajstić information content (AvgIpc) is 3.30. The van der Waals surface area contributed by atoms with Gasteiger partial charge in [-0.25, -0.2) is 4.39 Å². The Morgan fingerprint density at radius 2 is 1.84 bits per heavy atom. The van der Waals surface area contributed by atoms with Gasteiger partial charge in [0.1, 0.15) is 17.8 Å². The Morgan fingerprint density at radius 3 is 2.53 bits per heavy atom. The van der Waals surface area contributed by atoms with E-state index >= 15 is 0 Å². The largest absolute Gasteiger partial charge is 0.487 e. The minimum atomic E-state index is -0.384. The fraction of sp³-hybridized carbons (Fsp3) is 0.522. The SMILES string of the molecule is CCn1ccc(C(=O)N2CCN(C)[C@H](C(=O)N3CCC(Oc4ccccc4F)CC3)C2)n1. The maximum absolute atomic E-state index is 13.8. The fourth-order valence-electron chi connectivity index (χ4n) is 4.26. The number of benzene rings is 1. The van der Waals surface area contributed by atoms with Gasteiger partial charge in [-0.1, -0.05) is 12.1 Å². The van der Waals surface area contributed by atoms with E-state index in [0.717, 1.165) is 0 Å². The summed E-state index contributed by atoms with van der Waals surface area (Å²) in [5, 5.41) is 4.31. The van der Waals surface area contributed by atoms with Crippen molar-refractivity contribution in [2.45, 2.75) is 38.5 Å². The van der Waals surface area contributed by atoms with Crippen molar-refractivity contribution in [1.29, 1.82) is 0 Å². The van der Waals surface area contributed by atoms with Gasteiger partial charge in [0.2, 0.25) is 5.91 Å². The third-order valence-corrected chi connectivity index (χ3v) is 6.29. The van der Waals surface area contributed by atoms with Crippen LogP contribution in [-0.2, 0) is 11.3 Å². The van der Waals surface area contributed by atoms with Crippen LogP contribution in [0, 0.1) is 5.82 Å². The van der Waals surface area contributed by atoms with Gasteiger partial charge in [-0.3, -0.25) is 19.2 Å². The Labute approximate surface area is 187 Å². The summed E-state index contributed by atoms with van der Waals surface area (Å²) in [7, 11) is 1.92. The summed E-state index contributed by atoms with van der Waals surface area (Å²) in [5.41, 5.74) is 0.411. The lowest BCUT2D eigenvalue weighted by molar-refractivity contribution is -0.140. The Kier molecular flexibility index (Phi) is 6.74. The Hall–Kier alpha value is -2.94. The maximum atomic E-state index is 13.8. The van der Waals surface area contributed by atoms with E-state index in [1.165, 1.54) is 6.07 Å². The number of hydrogen-bond acceptors (Lipinski definition) is 5. The maximum Gasteiger partial charge on any atom is 0.274 e. The lowest BCUT2D eigenvalue weighted by Gasteiger charge is -2.41. The van der Waals surface area contributed by atoms with Crippen LogP contribution in [0.15, 0.2) is 36.5 Å². The third-order valence-electron chi connectivity index (χ3n) is 6.29. The van der Waals surface area contributed by atoms with Crippen molar-refractivity contribution in [1.82, 2.24) is 24.5 Å². The second-order valence-electron chi connectivity index (χ2n) is 8.38. The van der Waals surface area contributed by atoms with Crippen LogP contribution in [0.25, 0.3) is 0 Å². The molecule has 8 nitrogen and oxygen atoms in total. The van der Waals surface area contributed by atoms with Gasteiger partial charge in [0.05, 0.1) is 0 Å². The van der Waals surface area contributed by atoms with E-state index in [9.17, 15) is 14.0 Å². The van der Waals surface area contributed by atoms with Gasteiger partial charge in [-0.05, 0) is 32.2 Å². The predicted octanol–water partition coefficient (Wildman–Crippen LogP) is 1.87. The molecule has 1 aromatic carbocycles. The monoisotopic (exact) mass is 443 g/mol. The molecule has 2 aliphatic heterocycles. The van der Waals surface area contributed by atoms with Crippen LogP contribution in [0.4, 0.5) is 4.39 Å². The quantitative estimate of drug-likeness (QED) is 0.706. The zero-order valence-corrected chi connectivity index (χ0v) is 18.6. The lowest BCUT2D eigenvalue weighted by atomic mass is 10.0. The molecule has 0 radical (unpaired) electrons. The molecule has 0 spiro atoms. The topological polar surface area (TPSA) is 70.9 Å². The molecule has 0 bridgehead atoms. The number of carbonyl (C=O) groups is 2. The van der Waals surface area contributed by atoms with Crippen molar-refractivity contribution >= 4 is 11.8 Å². The second kappa shape index (κ2) is 9.68. The van der Waals surface area contributed by atoms with Crippen LogP contribution in [0.5, 0.6) is 5.75 Å². The number of carbonyl (C=O) groups excluding carboxylic acids is 2. The molecule has 0 unspecified atom stereocenters. The van der Waals surface area contributed by atoms with Gasteiger partial charge in [-0.2, -0.15) is 5.10 Å². The van der Waals surface area contributed by atoms with E-state index in [2.05, 4.69) is 5.10 Å². The molecular formula is C23H30FN5O3. The minimum absolute atomic E-state index is 0.0217. The molecule has 1 atom stereocenters. The Bertz CT molecular complexity index is 957. The van der Waals surface area contributed by atoms with Crippen molar-refractivity contribution in [2.75, 3.05) is 39.8 Å². The molecule has 172 valence electrons. The standard InChI is InChI=1S/C23H30FN5O3/c1-3-29-13-10-19(25-29)22(30)28-15-14-26(2)20(16-28)23(31)27-11-8-17(9-12-27)32-21-7-5-4-6-18(21)24/h4-7,10,13,17,20H,3,8-9,11-12,14-16H2,1-2H3/t20-/m0/s1. The Morgan fingerprint density at radius 1 is 1.09 bits per heavy atom. The number of likely N-dealkylation sites (tertiary alicyclic amines) is 1. The number of ether oxygens (including phenoxy) is 1. The van der Waals surface area contributed by atoms with Crippen LogP contribution in [0.3, 0.4) is 0 Å². The summed E-state index contributed by atoms with van der Waals surface area (Å²) in [6, 6.07) is 7.72. The molecule has 32 heavy (non-hydrogen) atoms. The number of likely N-dealkylation sites (N-methyl/N-ethyl adjacent to an activating group) is 1. The van der Waals surface area contributed by atoms with E-state index < -0.39 is 0 Å². The smallest absolute Gasteiger partial charge is 0.274 e. The third kappa shape index (κ3) is 4.77. The number of amides is 2. The van der Waals surface area contributed by atoms with E-state index in [-0.39, 0.29) is 35.5 Å². The van der Waals surface area contributed by atoms with Gasteiger partial charge >= 0.3 is 0 Å². The number of aryl methyl sites for hydroxylation is 1. The van der Waals surface area contributed by atoms with Gasteiger partial charge in [-0.15, -0.1) is 0 Å². The van der Waals surface area contributed by atoms with Crippen molar-refractivity contribution in [3.05, 3.63) is 48.0 Å². The van der Waals surface area contributed by atoms with E-state index in [1.54, 1.807) is 40.0 Å². The minimum Gasteiger partial charge on any atom is -0.487 e. The highest BCUT2D eigenvalue weighted by atomic mass is 19.1. The predicted molar refractivity (Wildman–Crippen MR) is 117 cm³/mol. The zero-order valence-electron chi connectivity index (χ0n) is 18.6. The summed E-state index contributed by atoms with van der Waals surface area (Å²) >= 11 is 0. The molecule has 2 amide bonds. The zero-order chi connectivity index (χ0) is 22.7. The normalized spacial score (nSPS) is 20.4. The number of nitrogens with zero attached hydrogens (tertiary/aromatic N) is 5. The average molecular weight is 444 g/mol. The molecule has 1 aromatic heterocycles. The van der Waals surface area contributed by atoms with Gasteiger partial charge in [0, 0.05) is 58.3 Å². The highest BCUT2D eigenvalue weighted by Crippen LogP contribution is 2.23. The summed E-state index contributed by atoms with van der Waals surface area (Å²) < 4.78 is 21.4. The lowest BCUT2D eigenvalue weighted by Crippen LogP contribution is -2.60. The number of halogens is 1. The number of aromatic nitrogens is 2. The van der Waals surface area contributed by atoms with Crippen LogP contribution >= 0.6 is 0 Å². The van der Waals surface area contributed by atoms with Gasteiger partial charge < -0.3 is 14.5 Å². The first kappa shape index (κ1) is 22.3. The van der Waals surface area contributed by atoms with Gasteiger partial charge in [0.25, 0.3) is 5.91 Å². The summed E-state index contributed by atoms with van der Waals surface area (Å²) in [5.74, 6) is -0.235. The summed E-state index contributed by atoms with van der Waals surface area (Å²) in [6.45, 7) is 5.32. The fourth-order valence-corrected chi connectivity index (χ4v) is 4.26. The highest BCUT2D eigenvalue weighted by molar-refractivity contribution is 5.93. The van der Waals surface area contributed by atoms with Gasteiger partial charge in [0.15, 0.2) is 11.6 Å². The van der Waals surface area contributed by atoms with Crippen molar-refractivity contribution < 1.29 is 18.7 Å². The molecule has 2 aliphatic rings. The molecule has 2 aromatic rings. The van der Waals surface area contributed by atoms with Crippen molar-refractivity contribution in [3.8, 4) is 5.75 Å². The van der Waals surface area contributed by atoms with Crippen molar-refractivity contribution in [3.63, 3.8) is 0 Å². The van der Waals surface area contributed by atoms with Crippen molar-refractivity contribution in [2.24, 2.45) is 0 Å². The van der Waals surface area contributed by atoms with E-state index in [4.69, 9.17) is 4.74 Å². The number of para-hydroxylation sites is 1. The van der Waals surface area contributed by atoms with Crippen LogP contribution in [-0.4, -0.2) is 88.2 Å². The molecule has 0 N–H and O–H groups in total. The molecule has 4 rings (SSSR count). The van der Waals surface area contributed by atoms with E-state index in [0.29, 0.717) is 57.8 Å². The van der Waals surface area contributed by atoms with Crippen LogP contribution < -0.4 is 4.74 Å². The summed E-state index contributed by atoms with van der Waals surface area (Å²) in [6.07, 6.45) is 2.97. The molecular weight excluding hydrogens is 413 g/mol.